The van der Waals surface area contributed by atoms with Gasteiger partial charge in [-0.05, 0) is 18.2 Å². The third-order valence-electron chi connectivity index (χ3n) is 4.76. The summed E-state index contributed by atoms with van der Waals surface area (Å²) in [6, 6.07) is 8.33. The first-order valence-corrected chi connectivity index (χ1v) is 8.93. The number of halogens is 2. The maximum Gasteiger partial charge on any atom is 0.227 e. The lowest BCUT2D eigenvalue weighted by molar-refractivity contribution is -0.126. The number of carbonyl (C=O) groups is 2. The van der Waals surface area contributed by atoms with Gasteiger partial charge < -0.3 is 19.7 Å². The summed E-state index contributed by atoms with van der Waals surface area (Å²) in [6.45, 7) is 1.21. The number of hydrogen-bond donors (Lipinski definition) is 1. The number of ether oxygens (including phenoxy) is 2. The standard InChI is InChI=1S/C20H18F2N2O4/c21-14-7-15(22)9-16(8-14)24-11-13(6-18(24)25)20(26)23-10-12-2-1-3-17-19(12)28-5-4-27-17/h1-3,7-9,13H,4-6,10-11H2,(H,23,26). The van der Waals surface area contributed by atoms with Crippen LogP contribution < -0.4 is 19.7 Å². The summed E-state index contributed by atoms with van der Waals surface area (Å²) >= 11 is 0. The second kappa shape index (κ2) is 7.46. The largest absolute Gasteiger partial charge is 0.486 e. The molecule has 1 unspecified atom stereocenters. The Hall–Kier alpha value is -3.16. The number of nitrogens with one attached hydrogen (secondary N) is 1. The van der Waals surface area contributed by atoms with E-state index in [0.29, 0.717) is 24.7 Å². The molecule has 0 aliphatic carbocycles. The molecule has 146 valence electrons. The Morgan fingerprint density at radius 3 is 2.68 bits per heavy atom. The molecule has 8 heteroatoms. The summed E-state index contributed by atoms with van der Waals surface area (Å²) in [5.41, 5.74) is 0.888. The lowest BCUT2D eigenvalue weighted by Crippen LogP contribution is -2.33. The van der Waals surface area contributed by atoms with Gasteiger partial charge in [0.15, 0.2) is 11.5 Å². The van der Waals surface area contributed by atoms with Crippen molar-refractivity contribution in [2.45, 2.75) is 13.0 Å². The molecule has 28 heavy (non-hydrogen) atoms. The van der Waals surface area contributed by atoms with Gasteiger partial charge in [-0.15, -0.1) is 0 Å². The van der Waals surface area contributed by atoms with Crippen molar-refractivity contribution < 1.29 is 27.8 Å². The van der Waals surface area contributed by atoms with E-state index in [4.69, 9.17) is 9.47 Å². The summed E-state index contributed by atoms with van der Waals surface area (Å²) in [5, 5.41) is 2.80. The van der Waals surface area contributed by atoms with E-state index < -0.39 is 17.6 Å². The van der Waals surface area contributed by atoms with Gasteiger partial charge in [0.2, 0.25) is 11.8 Å². The Morgan fingerprint density at radius 1 is 1.14 bits per heavy atom. The van der Waals surface area contributed by atoms with Crippen molar-refractivity contribution in [1.82, 2.24) is 5.32 Å². The molecule has 2 heterocycles. The van der Waals surface area contributed by atoms with E-state index in [2.05, 4.69) is 5.32 Å². The van der Waals surface area contributed by atoms with E-state index in [1.54, 1.807) is 6.07 Å². The topological polar surface area (TPSA) is 67.9 Å². The highest BCUT2D eigenvalue weighted by Gasteiger charge is 2.35. The maximum atomic E-state index is 13.4. The zero-order chi connectivity index (χ0) is 19.7. The molecule has 2 aromatic carbocycles. The minimum absolute atomic E-state index is 0.0174. The third-order valence-corrected chi connectivity index (χ3v) is 4.76. The molecule has 1 atom stereocenters. The molecule has 2 aliphatic heterocycles. The number of nitrogens with zero attached hydrogens (tertiary/aromatic N) is 1. The zero-order valence-electron chi connectivity index (χ0n) is 14.9. The molecule has 0 spiro atoms. The number of carbonyl (C=O) groups excluding carboxylic acids is 2. The first-order valence-electron chi connectivity index (χ1n) is 8.93. The van der Waals surface area contributed by atoms with Crippen LogP contribution in [0.25, 0.3) is 0 Å². The molecule has 2 aliphatic rings. The number of anilines is 1. The van der Waals surface area contributed by atoms with Crippen LogP contribution in [0.4, 0.5) is 14.5 Å². The first kappa shape index (κ1) is 18.2. The molecule has 6 nitrogen and oxygen atoms in total. The molecule has 0 saturated carbocycles. The molecular formula is C20H18F2N2O4. The fourth-order valence-electron chi connectivity index (χ4n) is 3.43. The highest BCUT2D eigenvalue weighted by Crippen LogP contribution is 2.33. The molecule has 0 bridgehead atoms. The van der Waals surface area contributed by atoms with Crippen LogP contribution in [0.1, 0.15) is 12.0 Å². The van der Waals surface area contributed by atoms with Crippen LogP contribution in [0.2, 0.25) is 0 Å². The highest BCUT2D eigenvalue weighted by molar-refractivity contribution is 6.00. The fourth-order valence-corrected chi connectivity index (χ4v) is 3.43. The number of amides is 2. The number of rotatable bonds is 4. The van der Waals surface area contributed by atoms with Crippen LogP contribution in [-0.4, -0.2) is 31.6 Å². The van der Waals surface area contributed by atoms with Crippen LogP contribution in [0.15, 0.2) is 36.4 Å². The average molecular weight is 388 g/mol. The summed E-state index contributed by atoms with van der Waals surface area (Å²) in [4.78, 5) is 26.0. The molecule has 4 rings (SSSR count). The molecule has 1 saturated heterocycles. The van der Waals surface area contributed by atoms with Gasteiger partial charge in [0, 0.05) is 36.8 Å². The second-order valence-electron chi connectivity index (χ2n) is 6.69. The number of benzene rings is 2. The second-order valence-corrected chi connectivity index (χ2v) is 6.69. The van der Waals surface area contributed by atoms with Gasteiger partial charge in [-0.3, -0.25) is 9.59 Å². The first-order chi connectivity index (χ1) is 13.5. The van der Waals surface area contributed by atoms with Crippen molar-refractivity contribution in [2.75, 3.05) is 24.7 Å². The van der Waals surface area contributed by atoms with Gasteiger partial charge in [0.1, 0.15) is 24.8 Å². The number of fused-ring (bicyclic) bond motifs is 1. The van der Waals surface area contributed by atoms with E-state index in [0.717, 1.165) is 23.8 Å². The van der Waals surface area contributed by atoms with Gasteiger partial charge in [-0.1, -0.05) is 12.1 Å². The summed E-state index contributed by atoms with van der Waals surface area (Å²) < 4.78 is 38.0. The molecule has 1 fully saturated rings. The fraction of sp³-hybridized carbons (Fsp3) is 0.300. The lowest BCUT2D eigenvalue weighted by Gasteiger charge is -2.21. The van der Waals surface area contributed by atoms with Crippen molar-refractivity contribution in [2.24, 2.45) is 5.92 Å². The summed E-state index contributed by atoms with van der Waals surface area (Å²) in [5.74, 6) is -1.56. The van der Waals surface area contributed by atoms with E-state index >= 15 is 0 Å². The number of hydrogen-bond acceptors (Lipinski definition) is 4. The Labute approximate surface area is 160 Å². The van der Waals surface area contributed by atoms with Crippen LogP contribution in [0.3, 0.4) is 0 Å². The van der Waals surface area contributed by atoms with Crippen LogP contribution >= 0.6 is 0 Å². The quantitative estimate of drug-likeness (QED) is 0.874. The minimum atomic E-state index is -0.772. The van der Waals surface area contributed by atoms with Crippen LogP contribution in [0, 0.1) is 17.6 Å². The van der Waals surface area contributed by atoms with Crippen molar-refractivity contribution in [1.29, 1.82) is 0 Å². The normalized spacial score (nSPS) is 18.3. The Morgan fingerprint density at radius 2 is 1.89 bits per heavy atom. The summed E-state index contributed by atoms with van der Waals surface area (Å²) in [7, 11) is 0. The molecular weight excluding hydrogens is 370 g/mol. The highest BCUT2D eigenvalue weighted by atomic mass is 19.1. The van der Waals surface area contributed by atoms with Crippen molar-refractivity contribution in [3.63, 3.8) is 0 Å². The van der Waals surface area contributed by atoms with Gasteiger partial charge in [0.25, 0.3) is 0 Å². The van der Waals surface area contributed by atoms with Crippen LogP contribution in [0.5, 0.6) is 11.5 Å². The Balaban J connectivity index is 1.42. The average Bonchev–Trinajstić information content (AvgIpc) is 3.07. The van der Waals surface area contributed by atoms with E-state index in [-0.39, 0.29) is 37.0 Å². The lowest BCUT2D eigenvalue weighted by atomic mass is 10.1. The molecule has 0 aromatic heterocycles. The Bertz CT molecular complexity index is 914. The zero-order valence-corrected chi connectivity index (χ0v) is 14.9. The van der Waals surface area contributed by atoms with Crippen molar-refractivity contribution in [3.05, 3.63) is 53.6 Å². The monoisotopic (exact) mass is 388 g/mol. The van der Waals surface area contributed by atoms with Gasteiger partial charge in [-0.25, -0.2) is 8.78 Å². The van der Waals surface area contributed by atoms with E-state index in [9.17, 15) is 18.4 Å². The van der Waals surface area contributed by atoms with E-state index in [1.807, 2.05) is 12.1 Å². The smallest absolute Gasteiger partial charge is 0.227 e. The summed E-state index contributed by atoms with van der Waals surface area (Å²) in [6.07, 6.45) is -0.0174. The van der Waals surface area contributed by atoms with Gasteiger partial charge in [0.05, 0.1) is 5.92 Å². The molecule has 2 aromatic rings. The molecule has 0 radical (unpaired) electrons. The van der Waals surface area contributed by atoms with Gasteiger partial charge in [-0.2, -0.15) is 0 Å². The molecule has 2 amide bonds. The Kier molecular flexibility index (Phi) is 4.85. The predicted octanol–water partition coefficient (Wildman–Crippen LogP) is 2.41. The minimum Gasteiger partial charge on any atom is -0.486 e. The van der Waals surface area contributed by atoms with Crippen molar-refractivity contribution >= 4 is 17.5 Å². The molecule has 1 N–H and O–H groups in total. The van der Waals surface area contributed by atoms with Crippen LogP contribution in [-0.2, 0) is 16.1 Å². The SMILES string of the molecule is O=C(NCc1cccc2c1OCCO2)C1CC(=O)N(c2cc(F)cc(F)c2)C1. The van der Waals surface area contributed by atoms with Crippen molar-refractivity contribution in [3.8, 4) is 11.5 Å². The van der Waals surface area contributed by atoms with Gasteiger partial charge >= 0.3 is 0 Å². The maximum absolute atomic E-state index is 13.4. The van der Waals surface area contributed by atoms with E-state index in [1.165, 1.54) is 4.90 Å². The predicted molar refractivity (Wildman–Crippen MR) is 96.1 cm³/mol. The third kappa shape index (κ3) is 3.62. The number of para-hydroxylation sites is 1.